The van der Waals surface area contributed by atoms with Gasteiger partial charge in [-0.2, -0.15) is 0 Å². The van der Waals surface area contributed by atoms with Crippen LogP contribution in [0.15, 0.2) is 30.3 Å². The van der Waals surface area contributed by atoms with Gasteiger partial charge in [-0.15, -0.1) is 12.3 Å². The number of nitrogens with one attached hydrogen (secondary N) is 1. The number of piperazine rings is 1. The van der Waals surface area contributed by atoms with E-state index in [4.69, 9.17) is 6.42 Å². The van der Waals surface area contributed by atoms with Crippen LogP contribution in [0, 0.1) is 18.3 Å². The third-order valence-electron chi connectivity index (χ3n) is 4.66. The molecule has 114 valence electrons. The molecular weight excluding hydrogens is 256 g/mol. The molecule has 3 atom stereocenters. The molecule has 0 saturated carbocycles. The molecule has 1 aliphatic heterocycles. The van der Waals surface area contributed by atoms with Crippen molar-refractivity contribution < 1.29 is 0 Å². The van der Waals surface area contributed by atoms with Crippen LogP contribution in [-0.4, -0.2) is 30.1 Å². The minimum atomic E-state index is 0.430. The minimum Gasteiger partial charge on any atom is -0.311 e. The molecule has 0 bridgehead atoms. The summed E-state index contributed by atoms with van der Waals surface area (Å²) in [7, 11) is 0. The summed E-state index contributed by atoms with van der Waals surface area (Å²) >= 11 is 0. The Morgan fingerprint density at radius 3 is 2.62 bits per heavy atom. The highest BCUT2D eigenvalue weighted by atomic mass is 15.3. The van der Waals surface area contributed by atoms with Crippen molar-refractivity contribution in [2.75, 3.05) is 13.1 Å². The molecule has 1 fully saturated rings. The molecule has 1 aromatic carbocycles. The van der Waals surface area contributed by atoms with Crippen LogP contribution < -0.4 is 5.32 Å². The Kier molecular flexibility index (Phi) is 5.85. The summed E-state index contributed by atoms with van der Waals surface area (Å²) in [6, 6.07) is 12.3. The molecule has 2 nitrogen and oxygen atoms in total. The van der Waals surface area contributed by atoms with Gasteiger partial charge in [0.2, 0.25) is 0 Å². The zero-order chi connectivity index (χ0) is 15.2. The van der Waals surface area contributed by atoms with E-state index in [-0.39, 0.29) is 0 Å². The molecular formula is C19H28N2. The summed E-state index contributed by atoms with van der Waals surface area (Å²) in [4.78, 5) is 2.64. The van der Waals surface area contributed by atoms with Gasteiger partial charge < -0.3 is 5.32 Å². The molecule has 1 aliphatic rings. The summed E-state index contributed by atoms with van der Waals surface area (Å²) in [6.45, 7) is 8.92. The number of rotatable bonds is 5. The Morgan fingerprint density at radius 2 is 2.05 bits per heavy atom. The highest BCUT2D eigenvalue weighted by Gasteiger charge is 2.33. The summed E-state index contributed by atoms with van der Waals surface area (Å²) in [5.41, 5.74) is 1.39. The molecule has 2 heteroatoms. The van der Waals surface area contributed by atoms with Crippen LogP contribution in [0.1, 0.15) is 45.2 Å². The van der Waals surface area contributed by atoms with E-state index in [1.54, 1.807) is 0 Å². The molecule has 0 spiro atoms. The van der Waals surface area contributed by atoms with Crippen molar-refractivity contribution >= 4 is 0 Å². The van der Waals surface area contributed by atoms with Crippen molar-refractivity contribution in [3.8, 4) is 12.3 Å². The number of nitrogens with zero attached hydrogens (tertiary/aromatic N) is 1. The van der Waals surface area contributed by atoms with Crippen LogP contribution in [-0.2, 0) is 0 Å². The Labute approximate surface area is 129 Å². The van der Waals surface area contributed by atoms with E-state index < -0.39 is 0 Å². The van der Waals surface area contributed by atoms with E-state index in [0.29, 0.717) is 24.0 Å². The number of hydrogen-bond acceptors (Lipinski definition) is 2. The van der Waals surface area contributed by atoms with Gasteiger partial charge in [-0.05, 0) is 17.9 Å². The Balaban J connectivity index is 2.23. The lowest BCUT2D eigenvalue weighted by Gasteiger charge is -2.45. The molecule has 1 N–H and O–H groups in total. The average molecular weight is 284 g/mol. The summed E-state index contributed by atoms with van der Waals surface area (Å²) < 4.78 is 0. The van der Waals surface area contributed by atoms with Crippen molar-refractivity contribution in [2.24, 2.45) is 5.92 Å². The van der Waals surface area contributed by atoms with Gasteiger partial charge in [-0.3, -0.25) is 4.90 Å². The van der Waals surface area contributed by atoms with Crippen LogP contribution in [0.3, 0.4) is 0 Å². The second-order valence-corrected chi connectivity index (χ2v) is 6.35. The van der Waals surface area contributed by atoms with Crippen molar-refractivity contribution in [1.82, 2.24) is 10.2 Å². The van der Waals surface area contributed by atoms with Crippen molar-refractivity contribution in [2.45, 2.75) is 51.7 Å². The average Bonchev–Trinajstić information content (AvgIpc) is 2.53. The molecule has 21 heavy (non-hydrogen) atoms. The molecule has 2 rings (SSSR count). The van der Waals surface area contributed by atoms with Crippen LogP contribution in [0.5, 0.6) is 0 Å². The van der Waals surface area contributed by atoms with Crippen molar-refractivity contribution in [3.63, 3.8) is 0 Å². The van der Waals surface area contributed by atoms with Gasteiger partial charge in [0.25, 0.3) is 0 Å². The van der Waals surface area contributed by atoms with Crippen LogP contribution in [0.4, 0.5) is 0 Å². The Hall–Kier alpha value is -1.30. The lowest BCUT2D eigenvalue weighted by molar-refractivity contribution is 0.0682. The molecule has 1 saturated heterocycles. The molecule has 0 radical (unpaired) electrons. The third kappa shape index (κ3) is 3.87. The van der Waals surface area contributed by atoms with E-state index >= 15 is 0 Å². The van der Waals surface area contributed by atoms with Crippen molar-refractivity contribution in [3.05, 3.63) is 35.9 Å². The predicted octanol–water partition coefficient (Wildman–Crippen LogP) is 3.46. The monoisotopic (exact) mass is 284 g/mol. The van der Waals surface area contributed by atoms with Crippen LogP contribution in [0.2, 0.25) is 0 Å². The zero-order valence-electron chi connectivity index (χ0n) is 13.5. The van der Waals surface area contributed by atoms with Gasteiger partial charge in [0, 0.05) is 37.6 Å². The lowest BCUT2D eigenvalue weighted by Crippen LogP contribution is -2.57. The SMILES string of the molecule is C#CCC(CC)N1CC(C(C)C)NCC1c1ccccc1. The molecule has 0 aliphatic carbocycles. The fourth-order valence-electron chi connectivity index (χ4n) is 3.27. The van der Waals surface area contributed by atoms with E-state index in [9.17, 15) is 0 Å². The molecule has 1 heterocycles. The minimum absolute atomic E-state index is 0.430. The van der Waals surface area contributed by atoms with Gasteiger partial charge in [-0.25, -0.2) is 0 Å². The van der Waals surface area contributed by atoms with Gasteiger partial charge in [0.15, 0.2) is 0 Å². The predicted molar refractivity (Wildman–Crippen MR) is 90.0 cm³/mol. The largest absolute Gasteiger partial charge is 0.311 e. The van der Waals surface area contributed by atoms with Gasteiger partial charge in [0.05, 0.1) is 0 Å². The standard InChI is InChI=1S/C19H28N2/c1-5-10-17(6-2)21-14-18(15(3)4)20-13-19(21)16-11-8-7-9-12-16/h1,7-9,11-12,15,17-20H,6,10,13-14H2,2-4H3. The molecule has 1 aromatic rings. The van der Waals surface area contributed by atoms with Gasteiger partial charge in [-0.1, -0.05) is 51.1 Å². The fourth-order valence-corrected chi connectivity index (χ4v) is 3.27. The lowest BCUT2D eigenvalue weighted by atomic mass is 9.93. The first-order valence-electron chi connectivity index (χ1n) is 8.14. The second-order valence-electron chi connectivity index (χ2n) is 6.35. The Bertz CT molecular complexity index is 460. The molecule has 0 amide bonds. The van der Waals surface area contributed by atoms with E-state index in [1.165, 1.54) is 5.56 Å². The van der Waals surface area contributed by atoms with Gasteiger partial charge in [0.1, 0.15) is 0 Å². The first-order valence-corrected chi connectivity index (χ1v) is 8.14. The first kappa shape index (κ1) is 16.1. The number of terminal acetylenes is 1. The second kappa shape index (κ2) is 7.64. The first-order chi connectivity index (χ1) is 10.2. The highest BCUT2D eigenvalue weighted by Crippen LogP contribution is 2.29. The summed E-state index contributed by atoms with van der Waals surface area (Å²) in [6.07, 6.45) is 7.55. The number of hydrogen-bond donors (Lipinski definition) is 1. The van der Waals surface area contributed by atoms with Crippen LogP contribution in [0.25, 0.3) is 0 Å². The summed E-state index contributed by atoms with van der Waals surface area (Å²) in [5, 5.41) is 3.72. The quantitative estimate of drug-likeness (QED) is 0.833. The summed E-state index contributed by atoms with van der Waals surface area (Å²) in [5.74, 6) is 3.52. The van der Waals surface area contributed by atoms with E-state index in [1.807, 2.05) is 0 Å². The van der Waals surface area contributed by atoms with Crippen molar-refractivity contribution in [1.29, 1.82) is 0 Å². The molecule has 3 unspecified atom stereocenters. The third-order valence-corrected chi connectivity index (χ3v) is 4.66. The highest BCUT2D eigenvalue weighted by molar-refractivity contribution is 5.21. The van der Waals surface area contributed by atoms with E-state index in [2.05, 4.69) is 67.2 Å². The topological polar surface area (TPSA) is 15.3 Å². The normalized spacial score (nSPS) is 24.7. The van der Waals surface area contributed by atoms with Crippen LogP contribution >= 0.6 is 0 Å². The zero-order valence-corrected chi connectivity index (χ0v) is 13.5. The molecule has 0 aromatic heterocycles. The smallest absolute Gasteiger partial charge is 0.0476 e. The van der Waals surface area contributed by atoms with E-state index in [0.717, 1.165) is 25.9 Å². The van der Waals surface area contributed by atoms with Gasteiger partial charge >= 0.3 is 0 Å². The Morgan fingerprint density at radius 1 is 1.33 bits per heavy atom. The fraction of sp³-hybridized carbons (Fsp3) is 0.579. The number of benzene rings is 1. The maximum absolute atomic E-state index is 5.60. The maximum Gasteiger partial charge on any atom is 0.0476 e. The maximum atomic E-state index is 5.60.